The number of sulfonamides is 1. The van der Waals surface area contributed by atoms with Gasteiger partial charge in [0, 0.05) is 10.0 Å². The molecule has 0 aromatic heterocycles. The standard InChI is InChI=1S/C14H13BrN2O2S2/c1-9-6-7-11(15)12(8-9)17-21(18,19)13-5-3-2-4-10(13)14(16)20/h2-8,17H,1H3,(H2,16,20). The number of nitrogens with one attached hydrogen (secondary N) is 1. The predicted octanol–water partition coefficient (Wildman–Crippen LogP) is 3.19. The lowest BCUT2D eigenvalue weighted by Crippen LogP contribution is -2.19. The predicted molar refractivity (Wildman–Crippen MR) is 92.0 cm³/mol. The van der Waals surface area contributed by atoms with Gasteiger partial charge in [-0.15, -0.1) is 0 Å². The minimum Gasteiger partial charge on any atom is -0.389 e. The summed E-state index contributed by atoms with van der Waals surface area (Å²) >= 11 is 8.23. The fraction of sp³-hybridized carbons (Fsp3) is 0.0714. The van der Waals surface area contributed by atoms with Gasteiger partial charge in [-0.25, -0.2) is 8.42 Å². The molecule has 21 heavy (non-hydrogen) atoms. The molecule has 0 aliphatic heterocycles. The number of aryl methyl sites for hydroxylation is 1. The van der Waals surface area contributed by atoms with Crippen molar-refractivity contribution in [1.82, 2.24) is 0 Å². The number of anilines is 1. The maximum absolute atomic E-state index is 12.5. The van der Waals surface area contributed by atoms with E-state index >= 15 is 0 Å². The number of halogens is 1. The summed E-state index contributed by atoms with van der Waals surface area (Å²) in [6.45, 7) is 1.88. The van der Waals surface area contributed by atoms with Crippen LogP contribution >= 0.6 is 28.1 Å². The second kappa shape index (κ2) is 6.13. The first kappa shape index (κ1) is 15.9. The van der Waals surface area contributed by atoms with Crippen molar-refractivity contribution in [3.63, 3.8) is 0 Å². The lowest BCUT2D eigenvalue weighted by molar-refractivity contribution is 0.601. The Hall–Kier alpha value is -1.44. The molecule has 2 aromatic rings. The number of hydrogen-bond donors (Lipinski definition) is 2. The van der Waals surface area contributed by atoms with E-state index in [0.29, 0.717) is 15.7 Å². The Bertz CT molecular complexity index is 804. The van der Waals surface area contributed by atoms with Crippen molar-refractivity contribution in [2.24, 2.45) is 5.73 Å². The maximum atomic E-state index is 12.5. The van der Waals surface area contributed by atoms with E-state index in [2.05, 4.69) is 20.7 Å². The van der Waals surface area contributed by atoms with Gasteiger partial charge in [-0.3, -0.25) is 4.72 Å². The summed E-state index contributed by atoms with van der Waals surface area (Å²) in [7, 11) is -3.78. The summed E-state index contributed by atoms with van der Waals surface area (Å²) in [5.41, 5.74) is 7.32. The summed E-state index contributed by atoms with van der Waals surface area (Å²) in [6, 6.07) is 11.8. The van der Waals surface area contributed by atoms with Gasteiger partial charge in [-0.05, 0) is 46.6 Å². The molecule has 0 radical (unpaired) electrons. The molecule has 0 saturated carbocycles. The molecule has 0 spiro atoms. The summed E-state index contributed by atoms with van der Waals surface area (Å²) in [5.74, 6) is 0. The highest BCUT2D eigenvalue weighted by molar-refractivity contribution is 9.10. The van der Waals surface area contributed by atoms with Crippen LogP contribution in [-0.4, -0.2) is 13.4 Å². The van der Waals surface area contributed by atoms with E-state index in [9.17, 15) is 8.42 Å². The fourth-order valence-corrected chi connectivity index (χ4v) is 3.83. The van der Waals surface area contributed by atoms with E-state index in [4.69, 9.17) is 18.0 Å². The number of benzene rings is 2. The van der Waals surface area contributed by atoms with Gasteiger partial charge in [0.1, 0.15) is 4.99 Å². The van der Waals surface area contributed by atoms with Crippen LogP contribution in [0.4, 0.5) is 5.69 Å². The first-order valence-corrected chi connectivity index (χ1v) is 8.67. The van der Waals surface area contributed by atoms with Gasteiger partial charge in [0.2, 0.25) is 0 Å². The molecule has 0 atom stereocenters. The third-order valence-corrected chi connectivity index (χ3v) is 5.14. The molecule has 2 rings (SSSR count). The van der Waals surface area contributed by atoms with Crippen LogP contribution in [0.5, 0.6) is 0 Å². The van der Waals surface area contributed by atoms with Crippen LogP contribution in [0.3, 0.4) is 0 Å². The lowest BCUT2D eigenvalue weighted by atomic mass is 10.2. The molecular weight excluding hydrogens is 372 g/mol. The Morgan fingerprint density at radius 1 is 1.24 bits per heavy atom. The quantitative estimate of drug-likeness (QED) is 0.793. The van der Waals surface area contributed by atoms with Crippen molar-refractivity contribution in [1.29, 1.82) is 0 Å². The monoisotopic (exact) mass is 384 g/mol. The molecule has 2 aromatic carbocycles. The molecule has 4 nitrogen and oxygen atoms in total. The first-order chi connectivity index (χ1) is 9.81. The van der Waals surface area contributed by atoms with E-state index in [0.717, 1.165) is 5.56 Å². The van der Waals surface area contributed by atoms with E-state index in [1.54, 1.807) is 30.3 Å². The summed E-state index contributed by atoms with van der Waals surface area (Å²) in [4.78, 5) is 0.102. The molecule has 3 N–H and O–H groups in total. The van der Waals surface area contributed by atoms with Gasteiger partial charge in [-0.1, -0.05) is 36.5 Å². The number of rotatable bonds is 4. The van der Waals surface area contributed by atoms with Crippen LogP contribution in [0.2, 0.25) is 0 Å². The highest BCUT2D eigenvalue weighted by Gasteiger charge is 2.20. The minimum atomic E-state index is -3.78. The van der Waals surface area contributed by atoms with Gasteiger partial charge < -0.3 is 5.73 Å². The third kappa shape index (κ3) is 3.61. The summed E-state index contributed by atoms with van der Waals surface area (Å²) in [6.07, 6.45) is 0. The molecule has 110 valence electrons. The third-order valence-electron chi connectivity index (χ3n) is 2.81. The number of hydrogen-bond acceptors (Lipinski definition) is 3. The van der Waals surface area contributed by atoms with Crippen LogP contribution in [0.25, 0.3) is 0 Å². The fourth-order valence-electron chi connectivity index (χ4n) is 1.82. The van der Waals surface area contributed by atoms with E-state index < -0.39 is 10.0 Å². The molecule has 0 unspecified atom stereocenters. The molecule has 0 heterocycles. The zero-order valence-electron chi connectivity index (χ0n) is 11.1. The Morgan fingerprint density at radius 2 is 1.90 bits per heavy atom. The van der Waals surface area contributed by atoms with Gasteiger partial charge in [0.05, 0.1) is 10.6 Å². The smallest absolute Gasteiger partial charge is 0.262 e. The van der Waals surface area contributed by atoms with E-state index in [1.807, 2.05) is 13.0 Å². The average Bonchev–Trinajstić information content (AvgIpc) is 2.42. The van der Waals surface area contributed by atoms with Crippen molar-refractivity contribution in [3.05, 3.63) is 58.1 Å². The van der Waals surface area contributed by atoms with Crippen LogP contribution in [0.1, 0.15) is 11.1 Å². The molecule has 0 saturated heterocycles. The first-order valence-electron chi connectivity index (χ1n) is 5.99. The van der Waals surface area contributed by atoms with Crippen molar-refractivity contribution >= 4 is 48.8 Å². The van der Waals surface area contributed by atoms with Crippen molar-refractivity contribution in [2.75, 3.05) is 4.72 Å². The van der Waals surface area contributed by atoms with Gasteiger partial charge >= 0.3 is 0 Å². The SMILES string of the molecule is Cc1ccc(Br)c(NS(=O)(=O)c2ccccc2C(N)=S)c1. The van der Waals surface area contributed by atoms with Crippen LogP contribution in [-0.2, 0) is 10.0 Å². The molecule has 0 fully saturated rings. The van der Waals surface area contributed by atoms with Gasteiger partial charge in [0.25, 0.3) is 10.0 Å². The normalized spacial score (nSPS) is 11.1. The van der Waals surface area contributed by atoms with Crippen LogP contribution < -0.4 is 10.5 Å². The Labute approximate surface area is 137 Å². The Kier molecular flexibility index (Phi) is 4.65. The van der Waals surface area contributed by atoms with Crippen molar-refractivity contribution < 1.29 is 8.42 Å². The highest BCUT2D eigenvalue weighted by Crippen LogP contribution is 2.27. The van der Waals surface area contributed by atoms with E-state index in [-0.39, 0.29) is 9.88 Å². The molecule has 0 aliphatic rings. The zero-order valence-corrected chi connectivity index (χ0v) is 14.3. The maximum Gasteiger partial charge on any atom is 0.262 e. The highest BCUT2D eigenvalue weighted by atomic mass is 79.9. The number of thiocarbonyl (C=S) groups is 1. The lowest BCUT2D eigenvalue weighted by Gasteiger charge is -2.13. The largest absolute Gasteiger partial charge is 0.389 e. The van der Waals surface area contributed by atoms with Gasteiger partial charge in [0.15, 0.2) is 0 Å². The summed E-state index contributed by atoms with van der Waals surface area (Å²) < 4.78 is 28.3. The number of nitrogens with two attached hydrogens (primary N) is 1. The molecule has 7 heteroatoms. The minimum absolute atomic E-state index is 0.0410. The molecule has 0 aliphatic carbocycles. The average molecular weight is 385 g/mol. The van der Waals surface area contributed by atoms with Crippen LogP contribution in [0, 0.1) is 6.92 Å². The van der Waals surface area contributed by atoms with Crippen molar-refractivity contribution in [3.8, 4) is 0 Å². The molecule has 0 amide bonds. The van der Waals surface area contributed by atoms with E-state index in [1.165, 1.54) is 6.07 Å². The topological polar surface area (TPSA) is 72.2 Å². The van der Waals surface area contributed by atoms with Crippen molar-refractivity contribution in [2.45, 2.75) is 11.8 Å². The Morgan fingerprint density at radius 3 is 2.57 bits per heavy atom. The van der Waals surface area contributed by atoms with Crippen LogP contribution in [0.15, 0.2) is 51.8 Å². The zero-order chi connectivity index (χ0) is 15.6. The van der Waals surface area contributed by atoms with Gasteiger partial charge in [-0.2, -0.15) is 0 Å². The molecule has 0 bridgehead atoms. The second-order valence-electron chi connectivity index (χ2n) is 4.45. The second-order valence-corrected chi connectivity index (χ2v) is 7.39. The molecular formula is C14H13BrN2O2S2. The Balaban J connectivity index is 2.49. The summed E-state index contributed by atoms with van der Waals surface area (Å²) in [5, 5.41) is 0.